The summed E-state index contributed by atoms with van der Waals surface area (Å²) in [6.07, 6.45) is 0. The number of likely N-dealkylation sites (N-methyl/N-ethyl adjacent to an activating group) is 1. The van der Waals surface area contributed by atoms with Crippen LogP contribution in [0.25, 0.3) is 16.7 Å². The molecular weight excluding hydrogens is 327 g/mol. The number of aliphatic hydroxyl groups excluding tert-OH is 1. The van der Waals surface area contributed by atoms with E-state index in [0.29, 0.717) is 9.82 Å². The molecule has 2 heterocycles. The zero-order valence-corrected chi connectivity index (χ0v) is 13.3. The van der Waals surface area contributed by atoms with E-state index in [9.17, 15) is 22.7 Å². The molecule has 1 aliphatic rings. The van der Waals surface area contributed by atoms with E-state index in [0.717, 1.165) is 20.2 Å². The van der Waals surface area contributed by atoms with Gasteiger partial charge in [0.15, 0.2) is 11.5 Å². The third kappa shape index (κ3) is 1.86. The van der Waals surface area contributed by atoms with Crippen LogP contribution < -0.4 is 0 Å². The Labute approximate surface area is 131 Å². The summed E-state index contributed by atoms with van der Waals surface area (Å²) >= 11 is 0. The second-order valence-electron chi connectivity index (χ2n) is 5.06. The fraction of sp³-hybridized carbons (Fsp3) is 0.214. The average Bonchev–Trinajstić information content (AvgIpc) is 2.79. The van der Waals surface area contributed by atoms with E-state index in [1.165, 1.54) is 23.7 Å². The van der Waals surface area contributed by atoms with Crippen molar-refractivity contribution in [3.8, 4) is 0 Å². The Morgan fingerprint density at radius 1 is 1.30 bits per heavy atom. The van der Waals surface area contributed by atoms with Gasteiger partial charge < -0.3 is 14.4 Å². The molecule has 1 aromatic carbocycles. The fourth-order valence-corrected chi connectivity index (χ4v) is 4.35. The first-order valence-electron chi connectivity index (χ1n) is 6.50. The molecule has 0 bridgehead atoms. The number of aromatic nitrogens is 1. The number of carbonyl (C=O) groups excluding carboxylic acids is 1. The Balaban J connectivity index is 2.53. The van der Waals surface area contributed by atoms with Crippen molar-refractivity contribution in [3.63, 3.8) is 0 Å². The molecule has 0 atom stereocenters. The van der Waals surface area contributed by atoms with E-state index in [-0.39, 0.29) is 16.0 Å². The van der Waals surface area contributed by atoms with Gasteiger partial charge in [-0.25, -0.2) is 17.6 Å². The van der Waals surface area contributed by atoms with Gasteiger partial charge in [0.05, 0.1) is 7.11 Å². The van der Waals surface area contributed by atoms with Crippen molar-refractivity contribution < 1.29 is 27.4 Å². The monoisotopic (exact) mass is 340 g/mol. The Morgan fingerprint density at radius 2 is 1.96 bits per heavy atom. The highest BCUT2D eigenvalue weighted by Crippen LogP contribution is 2.41. The third-order valence-electron chi connectivity index (χ3n) is 3.88. The van der Waals surface area contributed by atoms with Crippen LogP contribution in [0, 0.1) is 5.82 Å². The van der Waals surface area contributed by atoms with Gasteiger partial charge in [-0.05, 0) is 18.2 Å². The zero-order valence-electron chi connectivity index (χ0n) is 12.5. The standard InChI is InChI=1S/C14H13FN2O5S/c1-16-9-5-4-7(15)6-8(9)13-10(16)12(18)11(14(19)22-3)17(2)23(13,20)21/h4-6,18H,1-3H3. The molecule has 0 radical (unpaired) electrons. The van der Waals surface area contributed by atoms with Crippen LogP contribution in [0.3, 0.4) is 0 Å². The van der Waals surface area contributed by atoms with Crippen LogP contribution in [0.4, 0.5) is 4.39 Å². The molecule has 1 aliphatic heterocycles. The number of fused-ring (bicyclic) bond motifs is 3. The molecule has 7 nitrogen and oxygen atoms in total. The zero-order chi connectivity index (χ0) is 17.1. The van der Waals surface area contributed by atoms with Crippen molar-refractivity contribution in [1.82, 2.24) is 8.87 Å². The lowest BCUT2D eigenvalue weighted by atomic mass is 10.2. The van der Waals surface area contributed by atoms with Crippen molar-refractivity contribution in [2.75, 3.05) is 14.2 Å². The number of ether oxygens (including phenoxy) is 1. The number of aliphatic hydroxyl groups is 1. The van der Waals surface area contributed by atoms with Gasteiger partial charge in [-0.15, -0.1) is 0 Å². The number of rotatable bonds is 1. The predicted molar refractivity (Wildman–Crippen MR) is 79.4 cm³/mol. The van der Waals surface area contributed by atoms with Gasteiger partial charge in [-0.1, -0.05) is 0 Å². The van der Waals surface area contributed by atoms with Gasteiger partial charge in [-0.3, -0.25) is 4.31 Å². The second-order valence-corrected chi connectivity index (χ2v) is 6.97. The lowest BCUT2D eigenvalue weighted by molar-refractivity contribution is -0.137. The summed E-state index contributed by atoms with van der Waals surface area (Å²) in [7, 11) is -0.432. The number of hydrogen-bond donors (Lipinski definition) is 1. The summed E-state index contributed by atoms with van der Waals surface area (Å²) in [6, 6.07) is 3.67. The first-order valence-corrected chi connectivity index (χ1v) is 7.94. The summed E-state index contributed by atoms with van der Waals surface area (Å²) in [6.45, 7) is 0. The molecule has 1 aromatic heterocycles. The van der Waals surface area contributed by atoms with Crippen LogP contribution in [-0.2, 0) is 26.6 Å². The topological polar surface area (TPSA) is 88.8 Å². The van der Waals surface area contributed by atoms with Crippen molar-refractivity contribution in [2.24, 2.45) is 7.05 Å². The maximum atomic E-state index is 13.6. The molecule has 122 valence electrons. The van der Waals surface area contributed by atoms with Gasteiger partial charge in [-0.2, -0.15) is 0 Å². The molecule has 1 N–H and O–H groups in total. The number of sulfonamides is 1. The molecule has 2 aromatic rings. The molecule has 0 spiro atoms. The molecular formula is C14H13FN2O5S. The smallest absolute Gasteiger partial charge is 0.359 e. The lowest BCUT2D eigenvalue weighted by Crippen LogP contribution is -2.35. The van der Waals surface area contributed by atoms with Crippen LogP contribution >= 0.6 is 0 Å². The van der Waals surface area contributed by atoms with E-state index in [4.69, 9.17) is 0 Å². The number of benzene rings is 1. The van der Waals surface area contributed by atoms with E-state index in [1.54, 1.807) is 0 Å². The van der Waals surface area contributed by atoms with Gasteiger partial charge in [0, 0.05) is 25.0 Å². The Kier molecular flexibility index (Phi) is 3.15. The largest absolute Gasteiger partial charge is 0.504 e. The maximum absolute atomic E-state index is 13.6. The molecule has 0 fully saturated rings. The first kappa shape index (κ1) is 15.3. The Bertz CT molecular complexity index is 990. The Morgan fingerprint density at radius 3 is 2.57 bits per heavy atom. The normalized spacial score (nSPS) is 16.6. The highest BCUT2D eigenvalue weighted by Gasteiger charge is 2.42. The minimum atomic E-state index is -4.15. The van der Waals surface area contributed by atoms with Crippen LogP contribution in [0.15, 0.2) is 28.8 Å². The van der Waals surface area contributed by atoms with Crippen LogP contribution in [0.1, 0.15) is 5.69 Å². The number of aryl methyl sites for hydroxylation is 1. The van der Waals surface area contributed by atoms with Crippen LogP contribution in [0.2, 0.25) is 0 Å². The van der Waals surface area contributed by atoms with Gasteiger partial charge in [0.2, 0.25) is 0 Å². The van der Waals surface area contributed by atoms with E-state index < -0.39 is 33.3 Å². The molecule has 0 amide bonds. The minimum Gasteiger partial charge on any atom is -0.504 e. The third-order valence-corrected chi connectivity index (χ3v) is 5.71. The molecule has 9 heteroatoms. The number of hydrogen-bond acceptors (Lipinski definition) is 5. The number of methoxy groups -OCH3 is 1. The highest BCUT2D eigenvalue weighted by atomic mass is 32.2. The molecule has 0 saturated carbocycles. The van der Waals surface area contributed by atoms with E-state index in [2.05, 4.69) is 4.74 Å². The van der Waals surface area contributed by atoms with Gasteiger partial charge in [0.1, 0.15) is 16.4 Å². The summed E-state index contributed by atoms with van der Waals surface area (Å²) < 4.78 is 45.6. The van der Waals surface area contributed by atoms with Crippen molar-refractivity contribution in [3.05, 3.63) is 35.4 Å². The SMILES string of the molecule is COC(=O)C1=C(O)c2c(c3cc(F)ccc3n2C)S(=O)(=O)N1C. The number of nitrogens with zero attached hydrogens (tertiary/aromatic N) is 2. The predicted octanol–water partition coefficient (Wildman–Crippen LogP) is 1.35. The van der Waals surface area contributed by atoms with E-state index >= 15 is 0 Å². The first-order chi connectivity index (χ1) is 10.7. The fourth-order valence-electron chi connectivity index (χ4n) is 2.75. The van der Waals surface area contributed by atoms with E-state index in [1.807, 2.05) is 0 Å². The number of esters is 1. The quantitative estimate of drug-likeness (QED) is 0.792. The molecule has 3 rings (SSSR count). The second kappa shape index (κ2) is 4.72. The maximum Gasteiger partial charge on any atom is 0.359 e. The summed E-state index contributed by atoms with van der Waals surface area (Å²) in [4.78, 5) is 11.6. The Hall–Kier alpha value is -2.55. The molecule has 0 unspecified atom stereocenters. The van der Waals surface area contributed by atoms with Crippen molar-refractivity contribution in [1.29, 1.82) is 0 Å². The van der Waals surface area contributed by atoms with Gasteiger partial charge >= 0.3 is 5.97 Å². The highest BCUT2D eigenvalue weighted by molar-refractivity contribution is 7.89. The van der Waals surface area contributed by atoms with Crippen LogP contribution in [-0.4, -0.2) is 42.5 Å². The minimum absolute atomic E-state index is 0.0795. The van der Waals surface area contributed by atoms with Crippen molar-refractivity contribution in [2.45, 2.75) is 4.90 Å². The summed E-state index contributed by atoms with van der Waals surface area (Å²) in [5, 5.41) is 10.6. The summed E-state index contributed by atoms with van der Waals surface area (Å²) in [5.74, 6) is -2.13. The molecule has 0 aliphatic carbocycles. The van der Waals surface area contributed by atoms with Gasteiger partial charge in [0.25, 0.3) is 10.0 Å². The molecule has 0 saturated heterocycles. The lowest BCUT2D eigenvalue weighted by Gasteiger charge is -2.26. The summed E-state index contributed by atoms with van der Waals surface area (Å²) in [5.41, 5.74) is -0.165. The average molecular weight is 340 g/mol. The molecule has 23 heavy (non-hydrogen) atoms. The number of carbonyl (C=O) groups is 1. The number of halogens is 1. The van der Waals surface area contributed by atoms with Crippen LogP contribution in [0.5, 0.6) is 0 Å². The van der Waals surface area contributed by atoms with Crippen molar-refractivity contribution >= 4 is 32.7 Å².